The Morgan fingerprint density at radius 2 is 1.71 bits per heavy atom. The average Bonchev–Trinajstić information content (AvgIpc) is 3.28. The zero-order chi connectivity index (χ0) is 24.9. The Labute approximate surface area is 203 Å². The SMILES string of the molecule is COCc1sc(-c2cccnc2)cc1-c1ccc(OC(=O)c2c(F)cccc2F)cc1C(=O)OC. The summed E-state index contributed by atoms with van der Waals surface area (Å²) in [6.45, 7) is 0.296. The largest absolute Gasteiger partial charge is 0.465 e. The van der Waals surface area contributed by atoms with Crippen molar-refractivity contribution in [1.82, 2.24) is 4.98 Å². The second-order valence-corrected chi connectivity index (χ2v) is 8.44. The standard InChI is InChI=1S/C26H19F2NO5S/c1-32-14-23-18(12-22(35-23)15-5-4-10-29-13-15)17-9-8-16(11-19(17)25(30)33-2)34-26(31)24-20(27)6-3-7-21(24)28/h3-13H,14H2,1-2H3. The summed E-state index contributed by atoms with van der Waals surface area (Å²) in [6.07, 6.45) is 3.41. The number of nitrogens with zero attached hydrogens (tertiary/aromatic N) is 1. The predicted octanol–water partition coefficient (Wildman–Crippen LogP) is 5.91. The van der Waals surface area contributed by atoms with Crippen molar-refractivity contribution in [1.29, 1.82) is 0 Å². The van der Waals surface area contributed by atoms with Gasteiger partial charge in [0.2, 0.25) is 0 Å². The molecule has 2 heterocycles. The molecule has 4 rings (SSSR count). The van der Waals surface area contributed by atoms with Crippen LogP contribution in [0.25, 0.3) is 21.6 Å². The molecule has 0 bridgehead atoms. The molecule has 0 aliphatic rings. The van der Waals surface area contributed by atoms with Gasteiger partial charge < -0.3 is 14.2 Å². The third-order valence-electron chi connectivity index (χ3n) is 5.09. The molecule has 0 unspecified atom stereocenters. The molecule has 0 atom stereocenters. The van der Waals surface area contributed by atoms with Crippen LogP contribution in [0.2, 0.25) is 0 Å². The third-order valence-corrected chi connectivity index (χ3v) is 6.25. The van der Waals surface area contributed by atoms with Crippen LogP contribution < -0.4 is 4.74 Å². The molecular formula is C26H19F2NO5S. The quantitative estimate of drug-likeness (QED) is 0.235. The number of hydrogen-bond acceptors (Lipinski definition) is 7. The first-order valence-corrected chi connectivity index (χ1v) is 11.2. The smallest absolute Gasteiger partial charge is 0.349 e. The van der Waals surface area contributed by atoms with Crippen molar-refractivity contribution >= 4 is 23.3 Å². The van der Waals surface area contributed by atoms with E-state index in [1.807, 2.05) is 18.2 Å². The van der Waals surface area contributed by atoms with Gasteiger partial charge in [0.1, 0.15) is 22.9 Å². The van der Waals surface area contributed by atoms with E-state index in [0.29, 0.717) is 12.2 Å². The van der Waals surface area contributed by atoms with E-state index in [-0.39, 0.29) is 11.3 Å². The van der Waals surface area contributed by atoms with Crippen molar-refractivity contribution in [2.45, 2.75) is 6.61 Å². The van der Waals surface area contributed by atoms with E-state index in [2.05, 4.69) is 4.98 Å². The maximum Gasteiger partial charge on any atom is 0.349 e. The number of halogens is 2. The first kappa shape index (κ1) is 24.2. The molecule has 0 amide bonds. The maximum atomic E-state index is 14.0. The Morgan fingerprint density at radius 3 is 2.37 bits per heavy atom. The minimum Gasteiger partial charge on any atom is -0.465 e. The van der Waals surface area contributed by atoms with Crippen molar-refractivity contribution in [3.05, 3.63) is 94.6 Å². The second-order valence-electron chi connectivity index (χ2n) is 7.31. The van der Waals surface area contributed by atoms with Crippen LogP contribution in [0.15, 0.2) is 67.0 Å². The van der Waals surface area contributed by atoms with Gasteiger partial charge in [0.05, 0.1) is 19.3 Å². The fourth-order valence-electron chi connectivity index (χ4n) is 3.50. The van der Waals surface area contributed by atoms with Crippen molar-refractivity contribution in [2.24, 2.45) is 0 Å². The highest BCUT2D eigenvalue weighted by molar-refractivity contribution is 7.16. The Balaban J connectivity index is 1.76. The normalized spacial score (nSPS) is 10.7. The summed E-state index contributed by atoms with van der Waals surface area (Å²) in [4.78, 5) is 31.0. The Hall–Kier alpha value is -3.95. The highest BCUT2D eigenvalue weighted by Gasteiger charge is 2.23. The van der Waals surface area contributed by atoms with Gasteiger partial charge in [0.25, 0.3) is 0 Å². The molecule has 4 aromatic rings. The van der Waals surface area contributed by atoms with Crippen LogP contribution in [-0.2, 0) is 16.1 Å². The zero-order valence-corrected chi connectivity index (χ0v) is 19.5. The van der Waals surface area contributed by atoms with Crippen LogP contribution in [0, 0.1) is 11.6 Å². The number of hydrogen-bond donors (Lipinski definition) is 0. The van der Waals surface area contributed by atoms with E-state index in [1.54, 1.807) is 25.6 Å². The van der Waals surface area contributed by atoms with Gasteiger partial charge in [-0.1, -0.05) is 12.1 Å². The second kappa shape index (κ2) is 10.5. The highest BCUT2D eigenvalue weighted by Crippen LogP contribution is 2.40. The molecule has 0 saturated carbocycles. The molecule has 6 nitrogen and oxygen atoms in total. The molecule has 0 aliphatic carbocycles. The molecule has 2 aromatic carbocycles. The zero-order valence-electron chi connectivity index (χ0n) is 18.7. The molecule has 0 fully saturated rings. The Kier molecular flexibility index (Phi) is 7.28. The summed E-state index contributed by atoms with van der Waals surface area (Å²) in [5, 5.41) is 0. The monoisotopic (exact) mass is 495 g/mol. The summed E-state index contributed by atoms with van der Waals surface area (Å²) in [7, 11) is 2.79. The number of carbonyl (C=O) groups is 2. The first-order valence-electron chi connectivity index (χ1n) is 10.3. The van der Waals surface area contributed by atoms with Crippen molar-refractivity contribution in [3.63, 3.8) is 0 Å². The topological polar surface area (TPSA) is 74.7 Å². The lowest BCUT2D eigenvalue weighted by Gasteiger charge is -2.12. The van der Waals surface area contributed by atoms with E-state index in [1.165, 1.54) is 30.6 Å². The number of aromatic nitrogens is 1. The first-order chi connectivity index (χ1) is 16.9. The Morgan fingerprint density at radius 1 is 0.943 bits per heavy atom. The highest BCUT2D eigenvalue weighted by atomic mass is 32.1. The van der Waals surface area contributed by atoms with Crippen molar-refractivity contribution in [2.75, 3.05) is 14.2 Å². The molecule has 0 aliphatic heterocycles. The average molecular weight is 496 g/mol. The minimum atomic E-state index is -1.22. The van der Waals surface area contributed by atoms with E-state index in [0.717, 1.165) is 39.1 Å². The van der Waals surface area contributed by atoms with Crippen molar-refractivity contribution < 1.29 is 32.6 Å². The van der Waals surface area contributed by atoms with E-state index in [4.69, 9.17) is 14.2 Å². The predicted molar refractivity (Wildman–Crippen MR) is 126 cm³/mol. The lowest BCUT2D eigenvalue weighted by Crippen LogP contribution is -2.14. The third kappa shape index (κ3) is 5.11. The number of esters is 2. The molecular weight excluding hydrogens is 476 g/mol. The lowest BCUT2D eigenvalue weighted by molar-refractivity contribution is 0.0598. The number of methoxy groups -OCH3 is 2. The van der Waals surface area contributed by atoms with Crippen LogP contribution in [0.4, 0.5) is 8.78 Å². The van der Waals surface area contributed by atoms with Gasteiger partial charge in [-0.2, -0.15) is 0 Å². The molecule has 178 valence electrons. The molecule has 0 N–H and O–H groups in total. The van der Waals surface area contributed by atoms with Gasteiger partial charge in [-0.25, -0.2) is 18.4 Å². The van der Waals surface area contributed by atoms with E-state index < -0.39 is 29.1 Å². The van der Waals surface area contributed by atoms with Gasteiger partial charge in [0, 0.05) is 34.8 Å². The summed E-state index contributed by atoms with van der Waals surface area (Å²) in [5.74, 6) is -4.07. The summed E-state index contributed by atoms with van der Waals surface area (Å²) < 4.78 is 43.4. The minimum absolute atomic E-state index is 0.0715. The number of carbonyl (C=O) groups excluding carboxylic acids is 2. The van der Waals surface area contributed by atoms with E-state index >= 15 is 0 Å². The molecule has 0 radical (unpaired) electrons. The van der Waals surface area contributed by atoms with Crippen LogP contribution in [0.5, 0.6) is 5.75 Å². The summed E-state index contributed by atoms with van der Waals surface area (Å²) in [6, 6.07) is 13.0. The molecule has 2 aromatic heterocycles. The number of thiophene rings is 1. The number of benzene rings is 2. The van der Waals surface area contributed by atoms with Crippen LogP contribution in [0.3, 0.4) is 0 Å². The van der Waals surface area contributed by atoms with Gasteiger partial charge in [-0.15, -0.1) is 11.3 Å². The van der Waals surface area contributed by atoms with E-state index in [9.17, 15) is 18.4 Å². The summed E-state index contributed by atoms with van der Waals surface area (Å²) >= 11 is 1.49. The lowest BCUT2D eigenvalue weighted by atomic mass is 9.99. The maximum absolute atomic E-state index is 14.0. The fourth-order valence-corrected chi connectivity index (χ4v) is 4.63. The number of rotatable bonds is 7. The molecule has 0 saturated heterocycles. The molecule has 35 heavy (non-hydrogen) atoms. The summed E-state index contributed by atoms with van der Waals surface area (Å²) in [5.41, 5.74) is 1.44. The van der Waals surface area contributed by atoms with Gasteiger partial charge in [-0.05, 0) is 53.6 Å². The number of ether oxygens (including phenoxy) is 3. The van der Waals surface area contributed by atoms with Crippen LogP contribution in [-0.4, -0.2) is 31.1 Å². The number of pyridine rings is 1. The molecule has 0 spiro atoms. The van der Waals surface area contributed by atoms with Crippen LogP contribution in [0.1, 0.15) is 25.6 Å². The van der Waals surface area contributed by atoms with Gasteiger partial charge >= 0.3 is 11.9 Å². The van der Waals surface area contributed by atoms with Crippen LogP contribution >= 0.6 is 11.3 Å². The van der Waals surface area contributed by atoms with Crippen molar-refractivity contribution in [3.8, 4) is 27.3 Å². The molecule has 9 heteroatoms. The van der Waals surface area contributed by atoms with Gasteiger partial charge in [-0.3, -0.25) is 4.98 Å². The fraction of sp³-hybridized carbons (Fsp3) is 0.115. The van der Waals surface area contributed by atoms with Gasteiger partial charge in [0.15, 0.2) is 0 Å². The Bertz CT molecular complexity index is 1370.